The van der Waals surface area contributed by atoms with Crippen molar-refractivity contribution in [3.8, 4) is 11.3 Å². The largest absolute Gasteiger partial charge is 0.339 e. The Morgan fingerprint density at radius 1 is 0.872 bits per heavy atom. The highest BCUT2D eigenvalue weighted by Crippen LogP contribution is 2.30. The lowest BCUT2D eigenvalue weighted by atomic mass is 9.89. The maximum absolute atomic E-state index is 13.1. The molecule has 0 atom stereocenters. The van der Waals surface area contributed by atoms with E-state index in [0.717, 1.165) is 30.2 Å². The van der Waals surface area contributed by atoms with Crippen molar-refractivity contribution in [3.63, 3.8) is 0 Å². The van der Waals surface area contributed by atoms with E-state index in [-0.39, 0.29) is 16.7 Å². The van der Waals surface area contributed by atoms with E-state index in [0.29, 0.717) is 41.5 Å². The van der Waals surface area contributed by atoms with E-state index in [4.69, 9.17) is 0 Å². The number of carbonyl (C=O) groups is 2. The molecule has 1 N–H and O–H groups in total. The number of benzene rings is 3. The Balaban J connectivity index is 1.21. The molecule has 0 saturated carbocycles. The van der Waals surface area contributed by atoms with Gasteiger partial charge in [-0.25, -0.2) is 8.42 Å². The topological polar surface area (TPSA) is 96.4 Å². The first-order valence-corrected chi connectivity index (χ1v) is 14.7. The van der Waals surface area contributed by atoms with E-state index < -0.39 is 9.84 Å². The SMILES string of the molecule is CS(=O)(=O)c1cccc(C(=O)N2CCC(c3ccc(NC(=O)c4cccnc4-c4ccccc4)cc3)CC2)c1. The summed E-state index contributed by atoms with van der Waals surface area (Å²) in [6, 6.07) is 27.2. The zero-order chi connectivity index (χ0) is 27.4. The van der Waals surface area contributed by atoms with Crippen molar-refractivity contribution in [2.24, 2.45) is 0 Å². The van der Waals surface area contributed by atoms with Crippen molar-refractivity contribution in [1.82, 2.24) is 9.88 Å². The first kappa shape index (κ1) is 26.3. The molecular weight excluding hydrogens is 510 g/mol. The fourth-order valence-electron chi connectivity index (χ4n) is 4.91. The molecule has 7 nitrogen and oxygen atoms in total. The molecule has 3 aromatic carbocycles. The molecule has 8 heteroatoms. The number of anilines is 1. The van der Waals surface area contributed by atoms with Gasteiger partial charge >= 0.3 is 0 Å². The first-order chi connectivity index (χ1) is 18.8. The Morgan fingerprint density at radius 2 is 1.59 bits per heavy atom. The average molecular weight is 540 g/mol. The highest BCUT2D eigenvalue weighted by atomic mass is 32.2. The molecule has 2 heterocycles. The summed E-state index contributed by atoms with van der Waals surface area (Å²) in [5.41, 5.74) is 4.27. The number of hydrogen-bond acceptors (Lipinski definition) is 5. The van der Waals surface area contributed by atoms with E-state index in [1.807, 2.05) is 54.6 Å². The van der Waals surface area contributed by atoms with Gasteiger partial charge in [0.1, 0.15) is 0 Å². The smallest absolute Gasteiger partial charge is 0.257 e. The molecule has 1 aliphatic heterocycles. The van der Waals surface area contributed by atoms with Gasteiger partial charge in [0.15, 0.2) is 9.84 Å². The minimum atomic E-state index is -3.38. The molecule has 5 rings (SSSR count). The summed E-state index contributed by atoms with van der Waals surface area (Å²) >= 11 is 0. The van der Waals surface area contributed by atoms with Crippen molar-refractivity contribution in [1.29, 1.82) is 0 Å². The molecule has 0 bridgehead atoms. The maximum atomic E-state index is 13.1. The third-order valence-electron chi connectivity index (χ3n) is 7.03. The van der Waals surface area contributed by atoms with Crippen LogP contribution in [0.1, 0.15) is 45.0 Å². The summed E-state index contributed by atoms with van der Waals surface area (Å²) < 4.78 is 23.7. The Morgan fingerprint density at radius 3 is 2.28 bits per heavy atom. The molecule has 0 radical (unpaired) electrons. The average Bonchev–Trinajstić information content (AvgIpc) is 2.97. The molecule has 0 aliphatic carbocycles. The summed E-state index contributed by atoms with van der Waals surface area (Å²) in [4.78, 5) is 32.4. The lowest BCUT2D eigenvalue weighted by Crippen LogP contribution is -2.38. The quantitative estimate of drug-likeness (QED) is 0.353. The number of aromatic nitrogens is 1. The number of likely N-dealkylation sites (tertiary alicyclic amines) is 1. The Labute approximate surface area is 228 Å². The van der Waals surface area contributed by atoms with E-state index in [2.05, 4.69) is 10.3 Å². The van der Waals surface area contributed by atoms with E-state index in [1.165, 1.54) is 12.1 Å². The molecule has 198 valence electrons. The number of amides is 2. The fourth-order valence-corrected chi connectivity index (χ4v) is 5.58. The van der Waals surface area contributed by atoms with Crippen LogP contribution in [0, 0.1) is 0 Å². The molecule has 1 fully saturated rings. The van der Waals surface area contributed by atoms with Crippen molar-refractivity contribution in [2.75, 3.05) is 24.7 Å². The highest BCUT2D eigenvalue weighted by molar-refractivity contribution is 7.90. The number of hydrogen-bond donors (Lipinski definition) is 1. The summed E-state index contributed by atoms with van der Waals surface area (Å²) in [5, 5.41) is 2.98. The van der Waals surface area contributed by atoms with Crippen LogP contribution < -0.4 is 5.32 Å². The zero-order valence-corrected chi connectivity index (χ0v) is 22.4. The van der Waals surface area contributed by atoms with Crippen molar-refractivity contribution in [2.45, 2.75) is 23.7 Å². The van der Waals surface area contributed by atoms with Crippen molar-refractivity contribution < 1.29 is 18.0 Å². The second kappa shape index (κ2) is 11.2. The molecular formula is C31H29N3O4S. The Hall–Kier alpha value is -4.30. The lowest BCUT2D eigenvalue weighted by Gasteiger charge is -2.32. The van der Waals surface area contributed by atoms with Crippen LogP contribution in [0.2, 0.25) is 0 Å². The van der Waals surface area contributed by atoms with Gasteiger partial charge in [-0.15, -0.1) is 0 Å². The molecule has 1 aliphatic rings. The maximum Gasteiger partial charge on any atom is 0.257 e. The third kappa shape index (κ3) is 6.07. The summed E-state index contributed by atoms with van der Waals surface area (Å²) in [6.45, 7) is 1.18. The molecule has 2 amide bonds. The van der Waals surface area contributed by atoms with Crippen molar-refractivity contribution in [3.05, 3.63) is 114 Å². The fraction of sp³-hybridized carbons (Fsp3) is 0.194. The molecule has 0 spiro atoms. The van der Waals surface area contributed by atoms with Crippen LogP contribution in [0.5, 0.6) is 0 Å². The van der Waals surface area contributed by atoms with E-state index >= 15 is 0 Å². The van der Waals surface area contributed by atoms with Crippen LogP contribution in [0.4, 0.5) is 5.69 Å². The van der Waals surface area contributed by atoms with E-state index in [1.54, 1.807) is 35.4 Å². The van der Waals surface area contributed by atoms with Gasteiger partial charge in [-0.1, -0.05) is 48.5 Å². The molecule has 0 unspecified atom stereocenters. The number of pyridine rings is 1. The summed E-state index contributed by atoms with van der Waals surface area (Å²) in [6.07, 6.45) is 4.43. The first-order valence-electron chi connectivity index (χ1n) is 12.8. The van der Waals surface area contributed by atoms with Gasteiger partial charge in [-0.05, 0) is 66.8 Å². The van der Waals surface area contributed by atoms with Gasteiger partial charge in [-0.2, -0.15) is 0 Å². The lowest BCUT2D eigenvalue weighted by molar-refractivity contribution is 0.0712. The van der Waals surface area contributed by atoms with Gasteiger partial charge < -0.3 is 10.2 Å². The number of carbonyl (C=O) groups excluding carboxylic acids is 2. The van der Waals surface area contributed by atoms with Crippen LogP contribution in [0.15, 0.2) is 102 Å². The summed E-state index contributed by atoms with van der Waals surface area (Å²) in [5.74, 6) is -0.0760. The predicted octanol–water partition coefficient (Wildman–Crippen LogP) is 5.42. The second-order valence-electron chi connectivity index (χ2n) is 9.71. The molecule has 4 aromatic rings. The molecule has 39 heavy (non-hydrogen) atoms. The van der Waals surface area contributed by atoms with Gasteiger partial charge in [0.25, 0.3) is 11.8 Å². The number of rotatable bonds is 6. The zero-order valence-electron chi connectivity index (χ0n) is 21.6. The van der Waals surface area contributed by atoms with Crippen molar-refractivity contribution >= 4 is 27.3 Å². The third-order valence-corrected chi connectivity index (χ3v) is 8.14. The van der Waals surface area contributed by atoms with Crippen LogP contribution in [-0.4, -0.2) is 49.5 Å². The molecule has 1 aromatic heterocycles. The van der Waals surface area contributed by atoms with Gasteiger partial charge in [0.05, 0.1) is 16.2 Å². The van der Waals surface area contributed by atoms with Crippen LogP contribution >= 0.6 is 0 Å². The van der Waals surface area contributed by atoms with Gasteiger partial charge in [0, 0.05) is 42.4 Å². The number of sulfone groups is 1. The standard InChI is InChI=1S/C31H29N3O4S/c1-39(37,38)27-10-5-9-25(21-27)31(36)34-19-16-23(17-20-34)22-12-14-26(15-13-22)33-30(35)28-11-6-18-32-29(28)24-7-3-2-4-8-24/h2-15,18,21,23H,16-17,19-20H2,1H3,(H,33,35). The summed E-state index contributed by atoms with van der Waals surface area (Å²) in [7, 11) is -3.38. The van der Waals surface area contributed by atoms with Crippen LogP contribution in [0.3, 0.4) is 0 Å². The van der Waals surface area contributed by atoms with Gasteiger partial charge in [-0.3, -0.25) is 14.6 Å². The van der Waals surface area contributed by atoms with Gasteiger partial charge in [0.2, 0.25) is 0 Å². The molecule has 1 saturated heterocycles. The second-order valence-corrected chi connectivity index (χ2v) is 11.7. The van der Waals surface area contributed by atoms with E-state index in [9.17, 15) is 18.0 Å². The number of piperidine rings is 1. The highest BCUT2D eigenvalue weighted by Gasteiger charge is 2.25. The Bertz CT molecular complexity index is 1590. The monoisotopic (exact) mass is 539 g/mol. The Kier molecular flexibility index (Phi) is 7.56. The normalized spacial score (nSPS) is 14.1. The van der Waals surface area contributed by atoms with Crippen LogP contribution in [0.25, 0.3) is 11.3 Å². The number of nitrogens with one attached hydrogen (secondary N) is 1. The minimum absolute atomic E-state index is 0.148. The predicted molar refractivity (Wildman–Crippen MR) is 151 cm³/mol. The number of nitrogens with zero attached hydrogens (tertiary/aromatic N) is 2. The van der Waals surface area contributed by atoms with Crippen LogP contribution in [-0.2, 0) is 9.84 Å². The minimum Gasteiger partial charge on any atom is -0.339 e.